The Kier molecular flexibility index (Phi) is 4.41. The standard InChI is InChI=1S/C21H12ClF3N4S/c22-14-5-3-4-13(10-14)15-11-18(21(23,24)25)29-19(26-15)12-16(27-29)20-17(6-9-30-20)28-7-1-2-8-28/h1-12H. The average molecular weight is 445 g/mol. The molecule has 0 aliphatic heterocycles. The van der Waals surface area contributed by atoms with Crippen molar-refractivity contribution in [1.82, 2.24) is 19.2 Å². The van der Waals surface area contributed by atoms with Crippen LogP contribution in [0, 0.1) is 0 Å². The molecule has 150 valence electrons. The van der Waals surface area contributed by atoms with E-state index < -0.39 is 11.9 Å². The Hall–Kier alpha value is -3.10. The van der Waals surface area contributed by atoms with E-state index in [9.17, 15) is 13.2 Å². The molecule has 0 fully saturated rings. The van der Waals surface area contributed by atoms with Gasteiger partial charge in [0.05, 0.1) is 16.3 Å². The third-order valence-corrected chi connectivity index (χ3v) is 5.76. The Morgan fingerprint density at radius 3 is 2.47 bits per heavy atom. The fourth-order valence-corrected chi connectivity index (χ4v) is 4.31. The Balaban J connectivity index is 1.72. The van der Waals surface area contributed by atoms with E-state index in [-0.39, 0.29) is 11.3 Å². The molecule has 4 aromatic heterocycles. The summed E-state index contributed by atoms with van der Waals surface area (Å²) in [6.45, 7) is 0. The molecule has 0 N–H and O–H groups in total. The van der Waals surface area contributed by atoms with E-state index >= 15 is 0 Å². The molecule has 4 nitrogen and oxygen atoms in total. The molecule has 0 radical (unpaired) electrons. The van der Waals surface area contributed by atoms with Crippen molar-refractivity contribution in [2.45, 2.75) is 6.18 Å². The van der Waals surface area contributed by atoms with Gasteiger partial charge in [-0.15, -0.1) is 11.3 Å². The van der Waals surface area contributed by atoms with Crippen LogP contribution < -0.4 is 0 Å². The first-order valence-corrected chi connectivity index (χ1v) is 10.1. The molecule has 5 aromatic rings. The molecule has 0 saturated carbocycles. The first-order valence-electron chi connectivity index (χ1n) is 8.85. The summed E-state index contributed by atoms with van der Waals surface area (Å²) in [5, 5.41) is 6.55. The van der Waals surface area contributed by atoms with Crippen molar-refractivity contribution in [3.05, 3.63) is 83.1 Å². The maximum atomic E-state index is 13.8. The van der Waals surface area contributed by atoms with Crippen molar-refractivity contribution in [2.75, 3.05) is 0 Å². The number of alkyl halides is 3. The third-order valence-electron chi connectivity index (χ3n) is 4.60. The maximum absolute atomic E-state index is 13.8. The molecule has 1 aromatic carbocycles. The van der Waals surface area contributed by atoms with E-state index in [4.69, 9.17) is 11.6 Å². The predicted molar refractivity (Wildman–Crippen MR) is 111 cm³/mol. The van der Waals surface area contributed by atoms with Crippen molar-refractivity contribution < 1.29 is 13.2 Å². The second-order valence-corrected chi connectivity index (χ2v) is 7.91. The van der Waals surface area contributed by atoms with Gasteiger partial charge in [0, 0.05) is 29.0 Å². The van der Waals surface area contributed by atoms with Gasteiger partial charge in [0.15, 0.2) is 11.3 Å². The van der Waals surface area contributed by atoms with E-state index in [1.807, 2.05) is 40.5 Å². The number of halogens is 4. The first-order chi connectivity index (χ1) is 14.4. The summed E-state index contributed by atoms with van der Waals surface area (Å²) < 4.78 is 44.2. The molecule has 0 saturated heterocycles. The number of benzene rings is 1. The van der Waals surface area contributed by atoms with Crippen molar-refractivity contribution in [3.8, 4) is 27.5 Å². The molecule has 4 heterocycles. The van der Waals surface area contributed by atoms with Gasteiger partial charge >= 0.3 is 6.18 Å². The highest BCUT2D eigenvalue weighted by Crippen LogP contribution is 2.36. The quantitative estimate of drug-likeness (QED) is 0.315. The van der Waals surface area contributed by atoms with Gasteiger partial charge in [-0.3, -0.25) is 0 Å². The number of nitrogens with zero attached hydrogens (tertiary/aromatic N) is 4. The Bertz CT molecular complexity index is 1350. The van der Waals surface area contributed by atoms with Crippen molar-refractivity contribution in [1.29, 1.82) is 0 Å². The van der Waals surface area contributed by atoms with Crippen molar-refractivity contribution in [3.63, 3.8) is 0 Å². The number of aromatic nitrogens is 4. The van der Waals surface area contributed by atoms with E-state index in [0.717, 1.165) is 21.1 Å². The summed E-state index contributed by atoms with van der Waals surface area (Å²) in [4.78, 5) is 5.18. The van der Waals surface area contributed by atoms with Crippen LogP contribution in [0.5, 0.6) is 0 Å². The number of rotatable bonds is 3. The number of hydrogen-bond acceptors (Lipinski definition) is 3. The maximum Gasteiger partial charge on any atom is 0.433 e. The van der Waals surface area contributed by atoms with Crippen LogP contribution in [-0.2, 0) is 6.18 Å². The minimum absolute atomic E-state index is 0.113. The molecule has 30 heavy (non-hydrogen) atoms. The van der Waals surface area contributed by atoms with Crippen LogP contribution in [0.4, 0.5) is 13.2 Å². The summed E-state index contributed by atoms with van der Waals surface area (Å²) in [6.07, 6.45) is -0.855. The summed E-state index contributed by atoms with van der Waals surface area (Å²) in [5.74, 6) is 0. The third kappa shape index (κ3) is 3.28. The molecule has 0 spiro atoms. The van der Waals surface area contributed by atoms with Gasteiger partial charge in [-0.25, -0.2) is 9.50 Å². The van der Waals surface area contributed by atoms with Gasteiger partial charge in [0.2, 0.25) is 0 Å². The molecular weight excluding hydrogens is 433 g/mol. The van der Waals surface area contributed by atoms with Crippen LogP contribution in [0.25, 0.3) is 33.2 Å². The van der Waals surface area contributed by atoms with Crippen LogP contribution in [0.3, 0.4) is 0 Å². The molecule has 0 aliphatic carbocycles. The Labute approximate surface area is 177 Å². The topological polar surface area (TPSA) is 35.1 Å². The highest BCUT2D eigenvalue weighted by Gasteiger charge is 2.35. The summed E-state index contributed by atoms with van der Waals surface area (Å²) in [7, 11) is 0. The van der Waals surface area contributed by atoms with Crippen LogP contribution >= 0.6 is 22.9 Å². The summed E-state index contributed by atoms with van der Waals surface area (Å²) in [6, 6.07) is 14.8. The van der Waals surface area contributed by atoms with Gasteiger partial charge in [0.1, 0.15) is 5.69 Å². The molecule has 0 unspecified atom stereocenters. The molecule has 0 atom stereocenters. The smallest absolute Gasteiger partial charge is 0.322 e. The van der Waals surface area contributed by atoms with Gasteiger partial charge < -0.3 is 4.57 Å². The van der Waals surface area contributed by atoms with E-state index in [1.165, 1.54) is 11.3 Å². The monoisotopic (exact) mass is 444 g/mol. The second kappa shape index (κ2) is 7.00. The number of fused-ring (bicyclic) bond motifs is 1. The first kappa shape index (κ1) is 18.9. The summed E-state index contributed by atoms with van der Waals surface area (Å²) >= 11 is 7.42. The lowest BCUT2D eigenvalue weighted by atomic mass is 10.1. The zero-order valence-corrected chi connectivity index (χ0v) is 16.7. The number of hydrogen-bond donors (Lipinski definition) is 0. The lowest BCUT2D eigenvalue weighted by molar-refractivity contribution is -0.142. The second-order valence-electron chi connectivity index (χ2n) is 6.56. The Morgan fingerprint density at radius 2 is 1.73 bits per heavy atom. The van der Waals surface area contributed by atoms with Crippen LogP contribution in [0.15, 0.2) is 72.4 Å². The highest BCUT2D eigenvalue weighted by molar-refractivity contribution is 7.14. The predicted octanol–water partition coefficient (Wildman–Crippen LogP) is 6.59. The molecular formula is C21H12ClF3N4S. The van der Waals surface area contributed by atoms with Crippen LogP contribution in [0.1, 0.15) is 5.69 Å². The minimum Gasteiger partial charge on any atom is -0.322 e. The lowest BCUT2D eigenvalue weighted by Gasteiger charge is -2.11. The summed E-state index contributed by atoms with van der Waals surface area (Å²) in [5.41, 5.74) is 1.17. The lowest BCUT2D eigenvalue weighted by Crippen LogP contribution is -2.13. The normalized spacial score (nSPS) is 12.0. The molecule has 0 bridgehead atoms. The van der Waals surface area contributed by atoms with Crippen LogP contribution in [-0.4, -0.2) is 19.2 Å². The average Bonchev–Trinajstić information content (AvgIpc) is 3.44. The molecule has 0 aliphatic rings. The van der Waals surface area contributed by atoms with Gasteiger partial charge in [-0.1, -0.05) is 23.7 Å². The van der Waals surface area contributed by atoms with Gasteiger partial charge in [-0.2, -0.15) is 18.3 Å². The van der Waals surface area contributed by atoms with Gasteiger partial charge in [-0.05, 0) is 41.8 Å². The van der Waals surface area contributed by atoms with E-state index in [1.54, 1.807) is 30.3 Å². The molecule has 0 amide bonds. The van der Waals surface area contributed by atoms with Gasteiger partial charge in [0.25, 0.3) is 0 Å². The SMILES string of the molecule is FC(F)(F)c1cc(-c2cccc(Cl)c2)nc2cc(-c3sccc3-n3cccc3)nn12. The zero-order valence-electron chi connectivity index (χ0n) is 15.1. The number of thiophene rings is 1. The van der Waals surface area contributed by atoms with Crippen LogP contribution in [0.2, 0.25) is 5.02 Å². The minimum atomic E-state index is -4.60. The van der Waals surface area contributed by atoms with E-state index in [2.05, 4.69) is 10.1 Å². The molecule has 9 heteroatoms. The Morgan fingerprint density at radius 1 is 0.933 bits per heavy atom. The molecule has 5 rings (SSSR count). The van der Waals surface area contributed by atoms with Crippen molar-refractivity contribution >= 4 is 28.6 Å². The largest absolute Gasteiger partial charge is 0.433 e. The van der Waals surface area contributed by atoms with Crippen molar-refractivity contribution in [2.24, 2.45) is 0 Å². The van der Waals surface area contributed by atoms with E-state index in [0.29, 0.717) is 16.3 Å². The zero-order chi connectivity index (χ0) is 20.9. The fraction of sp³-hybridized carbons (Fsp3) is 0.0476. The fourth-order valence-electron chi connectivity index (χ4n) is 3.28. The highest BCUT2D eigenvalue weighted by atomic mass is 35.5.